The van der Waals surface area contributed by atoms with Gasteiger partial charge in [-0.1, -0.05) is 11.8 Å². The van der Waals surface area contributed by atoms with Gasteiger partial charge in [-0.05, 0) is 31.2 Å². The van der Waals surface area contributed by atoms with E-state index in [1.165, 1.54) is 10.4 Å². The summed E-state index contributed by atoms with van der Waals surface area (Å²) in [7, 11) is 0. The summed E-state index contributed by atoms with van der Waals surface area (Å²) in [5.74, 6) is 1.38. The number of alkyl halides is 3. The second kappa shape index (κ2) is 8.67. The van der Waals surface area contributed by atoms with Crippen LogP contribution in [0.4, 0.5) is 24.9 Å². The second-order valence-electron chi connectivity index (χ2n) is 7.79. The van der Waals surface area contributed by atoms with E-state index in [9.17, 15) is 13.2 Å². The van der Waals surface area contributed by atoms with Crippen LogP contribution in [0.3, 0.4) is 0 Å². The van der Waals surface area contributed by atoms with Crippen molar-refractivity contribution in [3.63, 3.8) is 0 Å². The van der Waals surface area contributed by atoms with Crippen molar-refractivity contribution in [3.8, 4) is 0 Å². The molecule has 0 bridgehead atoms. The van der Waals surface area contributed by atoms with Crippen molar-refractivity contribution in [2.24, 2.45) is 0 Å². The second-order valence-corrected chi connectivity index (χ2v) is 9.81. The van der Waals surface area contributed by atoms with Crippen LogP contribution in [0.25, 0.3) is 10.2 Å². The zero-order valence-electron chi connectivity index (χ0n) is 17.2. The topological polar surface area (TPSA) is 95.0 Å². The molecular formula is C19H22F3N7OS2. The number of hydrogen-bond donors (Lipinski definition) is 1. The number of ether oxygens (including phenoxy) is 1. The fraction of sp³-hybridized carbons (Fsp3) is 0.579. The number of nitrogens with two attached hydrogens (primary N) is 1. The summed E-state index contributed by atoms with van der Waals surface area (Å²) in [5.41, 5.74) is 7.51. The van der Waals surface area contributed by atoms with Crippen LogP contribution >= 0.6 is 23.1 Å². The van der Waals surface area contributed by atoms with Gasteiger partial charge in [0.15, 0.2) is 5.16 Å². The molecule has 0 radical (unpaired) electrons. The number of thiophene rings is 1. The molecule has 3 aromatic rings. The van der Waals surface area contributed by atoms with Crippen LogP contribution < -0.4 is 10.6 Å². The quantitative estimate of drug-likeness (QED) is 0.550. The molecule has 1 fully saturated rings. The molecule has 172 valence electrons. The Balaban J connectivity index is 1.40. The van der Waals surface area contributed by atoms with Crippen molar-refractivity contribution in [2.75, 3.05) is 36.9 Å². The van der Waals surface area contributed by atoms with Gasteiger partial charge in [-0.25, -0.2) is 9.97 Å². The molecule has 5 rings (SSSR count). The Morgan fingerprint density at radius 3 is 2.66 bits per heavy atom. The maximum Gasteiger partial charge on any atom is 0.406 e. The average Bonchev–Trinajstić information content (AvgIpc) is 3.32. The summed E-state index contributed by atoms with van der Waals surface area (Å²) in [6, 6.07) is 0. The number of rotatable bonds is 5. The molecule has 0 amide bonds. The van der Waals surface area contributed by atoms with Gasteiger partial charge in [0.2, 0.25) is 5.95 Å². The highest BCUT2D eigenvalue weighted by molar-refractivity contribution is 7.98. The van der Waals surface area contributed by atoms with E-state index in [-0.39, 0.29) is 16.9 Å². The minimum absolute atomic E-state index is 0.177. The van der Waals surface area contributed by atoms with Crippen LogP contribution in [-0.4, -0.2) is 57.2 Å². The molecule has 2 N–H and O–H groups in total. The maximum atomic E-state index is 13.3. The Morgan fingerprint density at radius 1 is 1.09 bits per heavy atom. The lowest BCUT2D eigenvalue weighted by Gasteiger charge is -2.28. The number of fused-ring (bicyclic) bond motifs is 3. The molecular weight excluding hydrogens is 463 g/mol. The van der Waals surface area contributed by atoms with Gasteiger partial charge < -0.3 is 15.4 Å². The van der Waals surface area contributed by atoms with Crippen molar-refractivity contribution in [3.05, 3.63) is 16.3 Å². The maximum absolute atomic E-state index is 13.3. The van der Waals surface area contributed by atoms with Gasteiger partial charge in [0, 0.05) is 18.0 Å². The number of hydrogen-bond acceptors (Lipinski definition) is 9. The largest absolute Gasteiger partial charge is 0.406 e. The monoisotopic (exact) mass is 485 g/mol. The normalized spacial score (nSPS) is 17.2. The van der Waals surface area contributed by atoms with Gasteiger partial charge >= 0.3 is 6.18 Å². The predicted octanol–water partition coefficient (Wildman–Crippen LogP) is 3.44. The van der Waals surface area contributed by atoms with Crippen LogP contribution in [0, 0.1) is 0 Å². The highest BCUT2D eigenvalue weighted by atomic mass is 32.2. The molecule has 32 heavy (non-hydrogen) atoms. The third kappa shape index (κ3) is 4.37. The van der Waals surface area contributed by atoms with Gasteiger partial charge in [-0.3, -0.25) is 4.57 Å². The zero-order valence-corrected chi connectivity index (χ0v) is 18.8. The van der Waals surface area contributed by atoms with E-state index in [1.54, 1.807) is 16.2 Å². The number of anilines is 2. The van der Waals surface area contributed by atoms with Gasteiger partial charge in [0.1, 0.15) is 23.0 Å². The number of nitrogens with zero attached hydrogens (tertiary/aromatic N) is 6. The van der Waals surface area contributed by atoms with Gasteiger partial charge in [-0.2, -0.15) is 13.2 Å². The molecule has 1 saturated heterocycles. The Morgan fingerprint density at radius 2 is 1.88 bits per heavy atom. The Hall–Kier alpha value is -2.12. The molecule has 0 atom stereocenters. The third-order valence-corrected chi connectivity index (χ3v) is 7.70. The number of thioether (sulfide) groups is 1. The highest BCUT2D eigenvalue weighted by Crippen LogP contribution is 2.38. The minimum atomic E-state index is -4.39. The van der Waals surface area contributed by atoms with E-state index < -0.39 is 12.7 Å². The third-order valence-electron chi connectivity index (χ3n) is 5.55. The molecule has 0 saturated carbocycles. The molecule has 0 spiro atoms. The van der Waals surface area contributed by atoms with Crippen molar-refractivity contribution in [1.29, 1.82) is 0 Å². The molecule has 13 heteroatoms. The Labute approximate surface area is 190 Å². The van der Waals surface area contributed by atoms with Crippen molar-refractivity contribution in [2.45, 2.75) is 49.3 Å². The van der Waals surface area contributed by atoms with Crippen molar-refractivity contribution in [1.82, 2.24) is 24.7 Å². The zero-order chi connectivity index (χ0) is 22.3. The van der Waals surface area contributed by atoms with E-state index in [0.29, 0.717) is 37.9 Å². The van der Waals surface area contributed by atoms with Crippen LogP contribution in [0.2, 0.25) is 0 Å². The Kier molecular flexibility index (Phi) is 5.88. The summed E-state index contributed by atoms with van der Waals surface area (Å²) in [6.07, 6.45) is -0.0758. The highest BCUT2D eigenvalue weighted by Gasteiger charge is 2.33. The first-order valence-corrected chi connectivity index (χ1v) is 12.2. The fourth-order valence-corrected chi connectivity index (χ4v) is 6.20. The van der Waals surface area contributed by atoms with E-state index in [4.69, 9.17) is 10.5 Å². The first-order valence-electron chi connectivity index (χ1n) is 10.4. The van der Waals surface area contributed by atoms with Crippen LogP contribution in [0.1, 0.15) is 29.1 Å². The minimum Gasteiger partial charge on any atom is -0.383 e. The lowest BCUT2D eigenvalue weighted by Crippen LogP contribution is -2.38. The number of nitrogen functional groups attached to an aromatic ring is 1. The molecule has 8 nitrogen and oxygen atoms in total. The van der Waals surface area contributed by atoms with Gasteiger partial charge in [-0.15, -0.1) is 21.5 Å². The summed E-state index contributed by atoms with van der Waals surface area (Å²) in [5, 5.41) is 9.20. The predicted molar refractivity (Wildman–Crippen MR) is 117 cm³/mol. The van der Waals surface area contributed by atoms with Crippen molar-refractivity contribution < 1.29 is 17.9 Å². The first kappa shape index (κ1) is 21.7. The van der Waals surface area contributed by atoms with Crippen LogP contribution in [-0.2, 0) is 29.9 Å². The molecule has 0 aromatic carbocycles. The van der Waals surface area contributed by atoms with E-state index in [1.807, 2.05) is 0 Å². The standard InChI is InChI=1S/C19H22F3N7OS2/c20-19(21,22)10-29-17(28-5-7-30-8-6-28)26-27-18(29)31-9-13-24-15(23)14-11-3-1-2-4-12(11)32-16(14)25-13/h1-10H2,(H2,23,24,25). The van der Waals surface area contributed by atoms with E-state index in [0.717, 1.165) is 52.2 Å². The van der Waals surface area contributed by atoms with Crippen LogP contribution in [0.15, 0.2) is 5.16 Å². The smallest absolute Gasteiger partial charge is 0.383 e. The number of halogens is 3. The number of aromatic nitrogens is 5. The molecule has 3 aromatic heterocycles. The summed E-state index contributed by atoms with van der Waals surface area (Å²) in [4.78, 5) is 13.0. The first-order chi connectivity index (χ1) is 15.4. The summed E-state index contributed by atoms with van der Waals surface area (Å²) in [6.45, 7) is 0.674. The molecule has 0 unspecified atom stereocenters. The van der Waals surface area contributed by atoms with Gasteiger partial charge in [0.05, 0.1) is 24.4 Å². The van der Waals surface area contributed by atoms with E-state index >= 15 is 0 Å². The fourth-order valence-electron chi connectivity index (χ4n) is 4.13. The number of morpholine rings is 1. The SMILES string of the molecule is Nc1nc(CSc2nnc(N3CCOCC3)n2CC(F)(F)F)nc2sc3c(c12)CCCC3. The van der Waals surface area contributed by atoms with Crippen molar-refractivity contribution >= 4 is 45.1 Å². The lowest BCUT2D eigenvalue weighted by molar-refractivity contribution is -0.141. The molecule has 4 heterocycles. The Bertz CT molecular complexity index is 1120. The molecule has 1 aliphatic carbocycles. The summed E-state index contributed by atoms with van der Waals surface area (Å²) < 4.78 is 46.3. The molecule has 1 aliphatic heterocycles. The number of aryl methyl sites for hydroxylation is 2. The summed E-state index contributed by atoms with van der Waals surface area (Å²) >= 11 is 2.78. The lowest BCUT2D eigenvalue weighted by atomic mass is 9.97. The van der Waals surface area contributed by atoms with Gasteiger partial charge in [0.25, 0.3) is 0 Å². The van der Waals surface area contributed by atoms with Crippen LogP contribution in [0.5, 0.6) is 0 Å². The average molecular weight is 486 g/mol. The van der Waals surface area contributed by atoms with E-state index in [2.05, 4.69) is 20.2 Å². The molecule has 2 aliphatic rings.